The third-order valence-corrected chi connectivity index (χ3v) is 8.62. The van der Waals surface area contributed by atoms with E-state index in [2.05, 4.69) is 26.2 Å². The van der Waals surface area contributed by atoms with Crippen LogP contribution in [0, 0.1) is 11.3 Å². The number of nitriles is 1. The highest BCUT2D eigenvalue weighted by Crippen LogP contribution is 2.38. The second kappa shape index (κ2) is 9.59. The largest absolute Gasteiger partial charge is 0.284 e. The van der Waals surface area contributed by atoms with Gasteiger partial charge in [-0.1, -0.05) is 6.07 Å². The maximum absolute atomic E-state index is 11.9. The van der Waals surface area contributed by atoms with Crippen molar-refractivity contribution in [2.24, 2.45) is 0 Å². The van der Waals surface area contributed by atoms with Gasteiger partial charge >= 0.3 is 0 Å². The van der Waals surface area contributed by atoms with Crippen LogP contribution in [0.5, 0.6) is 0 Å². The molecule has 0 saturated carbocycles. The topological polar surface area (TPSA) is 112 Å². The molecule has 0 fully saturated rings. The van der Waals surface area contributed by atoms with Crippen LogP contribution in [0.25, 0.3) is 43.2 Å². The zero-order valence-electron chi connectivity index (χ0n) is 16.8. The summed E-state index contributed by atoms with van der Waals surface area (Å²) in [5, 5.41) is 17.2. The Hall–Kier alpha value is -2.81. The van der Waals surface area contributed by atoms with Gasteiger partial charge in [0.2, 0.25) is 0 Å². The number of fused-ring (bicyclic) bond motifs is 1. The molecule has 0 unspecified atom stereocenters. The first-order valence-corrected chi connectivity index (χ1v) is 12.6. The van der Waals surface area contributed by atoms with Crippen LogP contribution in [-0.4, -0.2) is 34.8 Å². The van der Waals surface area contributed by atoms with Crippen molar-refractivity contribution < 1.29 is 8.42 Å². The summed E-state index contributed by atoms with van der Waals surface area (Å²) in [7, 11) is -3.28. The Morgan fingerprint density at radius 2 is 1.73 bits per heavy atom. The molecule has 0 aliphatic heterocycles. The molecule has 1 aromatic carbocycles. The minimum Gasteiger partial charge on any atom is -0.284 e. The van der Waals surface area contributed by atoms with E-state index in [1.807, 2.05) is 30.5 Å². The molecule has 12 heteroatoms. The van der Waals surface area contributed by atoms with E-state index in [1.165, 1.54) is 35.3 Å². The fraction of sp³-hybridized carbons (Fsp3) is 0.0476. The molecule has 7 nitrogen and oxygen atoms in total. The number of H-pyrrole nitrogens is 1. The maximum Gasteiger partial charge on any atom is 0.184 e. The van der Waals surface area contributed by atoms with E-state index in [4.69, 9.17) is 5.26 Å². The van der Waals surface area contributed by atoms with Gasteiger partial charge in [0.15, 0.2) is 9.84 Å². The number of benzene rings is 1. The minimum absolute atomic E-state index is 0. The van der Waals surface area contributed by atoms with Gasteiger partial charge in [-0.15, -0.1) is 47.5 Å². The summed E-state index contributed by atoms with van der Waals surface area (Å²) in [5.41, 5.74) is 4.01. The van der Waals surface area contributed by atoms with E-state index >= 15 is 0 Å². The molecule has 0 saturated heterocycles. The number of hydrogen-bond acceptors (Lipinski definition) is 8. The Balaban J connectivity index is 0.00000153. The lowest BCUT2D eigenvalue weighted by atomic mass is 10.0. The predicted molar refractivity (Wildman–Crippen MR) is 136 cm³/mol. The van der Waals surface area contributed by atoms with Crippen LogP contribution in [0.4, 0.5) is 0 Å². The summed E-state index contributed by atoms with van der Waals surface area (Å²) < 4.78 is 24.1. The number of thiophene rings is 2. The van der Waals surface area contributed by atoms with Gasteiger partial charge in [-0.25, -0.2) is 18.4 Å². The molecule has 168 valence electrons. The molecule has 0 atom stereocenters. The van der Waals surface area contributed by atoms with Crippen molar-refractivity contribution in [2.75, 3.05) is 6.26 Å². The number of hydrogen-bond donors (Lipinski definition) is 1. The van der Waals surface area contributed by atoms with Gasteiger partial charge in [-0.2, -0.15) is 10.4 Å². The summed E-state index contributed by atoms with van der Waals surface area (Å²) in [6.07, 6.45) is 4.50. The van der Waals surface area contributed by atoms with E-state index < -0.39 is 9.84 Å². The van der Waals surface area contributed by atoms with Crippen LogP contribution in [0.15, 0.2) is 59.2 Å². The Labute approximate surface area is 209 Å². The Bertz CT molecular complexity index is 1600. The third-order valence-electron chi connectivity index (χ3n) is 4.72. The first-order chi connectivity index (χ1) is 14.9. The van der Waals surface area contributed by atoms with Crippen molar-refractivity contribution in [3.8, 4) is 38.3 Å². The van der Waals surface area contributed by atoms with Gasteiger partial charge in [0.1, 0.15) is 27.2 Å². The smallest absolute Gasteiger partial charge is 0.184 e. The first-order valence-electron chi connectivity index (χ1n) is 9.03. The van der Waals surface area contributed by atoms with E-state index in [0.717, 1.165) is 37.5 Å². The number of rotatable bonds is 4. The van der Waals surface area contributed by atoms with Crippen molar-refractivity contribution in [3.63, 3.8) is 0 Å². The summed E-state index contributed by atoms with van der Waals surface area (Å²) in [6.45, 7) is 0. The average Bonchev–Trinajstić information content (AvgIpc) is 3.52. The van der Waals surface area contributed by atoms with E-state index in [-0.39, 0.29) is 24.8 Å². The van der Waals surface area contributed by atoms with Crippen molar-refractivity contribution in [1.29, 1.82) is 5.26 Å². The second-order valence-corrected chi connectivity index (χ2v) is 11.2. The number of aromatic nitrogens is 4. The highest BCUT2D eigenvalue weighted by Gasteiger charge is 2.17. The van der Waals surface area contributed by atoms with E-state index in [0.29, 0.717) is 14.8 Å². The molecule has 0 aliphatic carbocycles. The van der Waals surface area contributed by atoms with Crippen LogP contribution in [0.1, 0.15) is 4.88 Å². The molecule has 4 heterocycles. The normalized spacial score (nSPS) is 10.9. The van der Waals surface area contributed by atoms with Gasteiger partial charge in [0.25, 0.3) is 0 Å². The number of aromatic amines is 1. The van der Waals surface area contributed by atoms with Gasteiger partial charge in [0, 0.05) is 23.4 Å². The van der Waals surface area contributed by atoms with Gasteiger partial charge in [0.05, 0.1) is 21.0 Å². The molecular formula is C21H15Cl2N5O2S3. The van der Waals surface area contributed by atoms with Crippen molar-refractivity contribution in [1.82, 2.24) is 20.2 Å². The third kappa shape index (κ3) is 4.64. The fourth-order valence-electron chi connectivity index (χ4n) is 3.29. The molecule has 0 spiro atoms. The fourth-order valence-corrected chi connectivity index (χ4v) is 6.04. The highest BCUT2D eigenvalue weighted by molar-refractivity contribution is 7.92. The highest BCUT2D eigenvalue weighted by atomic mass is 35.5. The van der Waals surface area contributed by atoms with E-state index in [1.54, 1.807) is 18.2 Å². The van der Waals surface area contributed by atoms with Crippen LogP contribution in [-0.2, 0) is 9.84 Å². The Kier molecular flexibility index (Phi) is 7.21. The number of sulfone groups is 1. The molecule has 0 radical (unpaired) electrons. The molecule has 0 amide bonds. The molecule has 0 aliphatic rings. The van der Waals surface area contributed by atoms with Crippen molar-refractivity contribution >= 4 is 68.2 Å². The molecule has 0 bridgehead atoms. The van der Waals surface area contributed by atoms with Gasteiger partial charge in [-0.3, -0.25) is 5.10 Å². The summed E-state index contributed by atoms with van der Waals surface area (Å²) in [5.74, 6) is 0. The molecule has 4 aromatic heterocycles. The van der Waals surface area contributed by atoms with Crippen LogP contribution < -0.4 is 0 Å². The summed E-state index contributed by atoms with van der Waals surface area (Å²) in [6, 6.07) is 15.0. The van der Waals surface area contributed by atoms with Gasteiger partial charge in [-0.05, 0) is 42.0 Å². The Morgan fingerprint density at radius 3 is 2.42 bits per heavy atom. The number of nitrogens with one attached hydrogen (secondary N) is 1. The molecular weight excluding hydrogens is 521 g/mol. The lowest BCUT2D eigenvalue weighted by Crippen LogP contribution is -1.92. The summed E-state index contributed by atoms with van der Waals surface area (Å²) >= 11 is 2.58. The lowest BCUT2D eigenvalue weighted by molar-refractivity contribution is 0.604. The van der Waals surface area contributed by atoms with Crippen molar-refractivity contribution in [3.05, 3.63) is 59.9 Å². The van der Waals surface area contributed by atoms with Gasteiger partial charge < -0.3 is 0 Å². The maximum atomic E-state index is 11.9. The average molecular weight is 536 g/mol. The molecule has 1 N–H and O–H groups in total. The molecule has 33 heavy (non-hydrogen) atoms. The molecule has 5 aromatic rings. The van der Waals surface area contributed by atoms with Crippen LogP contribution in [0.2, 0.25) is 0 Å². The summed E-state index contributed by atoms with van der Waals surface area (Å²) in [4.78, 5) is 11.1. The standard InChI is InChI=1S/C21H13N5O2S3.2ClH/c1-31(27,28)19-7-6-17(30-19)20-14-8-12(2-4-16(14)23-11-24-20)15-10-25-26-21(15)18-5-3-13(9-22)29-18;;/h2-8,10-11H,1H3,(H,25,26);2*1H. The monoisotopic (exact) mass is 535 g/mol. The lowest BCUT2D eigenvalue weighted by Gasteiger charge is -2.06. The zero-order valence-corrected chi connectivity index (χ0v) is 20.9. The number of halogens is 2. The Morgan fingerprint density at radius 1 is 0.970 bits per heavy atom. The first kappa shape index (κ1) is 24.8. The quantitative estimate of drug-likeness (QED) is 0.320. The molecule has 5 rings (SSSR count). The number of nitrogens with zero attached hydrogens (tertiary/aromatic N) is 4. The SMILES string of the molecule is CS(=O)(=O)c1ccc(-c2ncnc3ccc(-c4c[nH]nc4-c4ccc(C#N)s4)cc23)s1.Cl.Cl. The van der Waals surface area contributed by atoms with Crippen LogP contribution >= 0.6 is 47.5 Å². The van der Waals surface area contributed by atoms with Crippen molar-refractivity contribution in [2.45, 2.75) is 4.21 Å². The van der Waals surface area contributed by atoms with E-state index in [9.17, 15) is 8.42 Å². The predicted octanol–water partition coefficient (Wildman–Crippen LogP) is 5.60. The zero-order chi connectivity index (χ0) is 21.6. The second-order valence-electron chi connectivity index (χ2n) is 6.77. The van der Waals surface area contributed by atoms with Crippen LogP contribution in [0.3, 0.4) is 0 Å². The minimum atomic E-state index is -3.28.